The molecule has 26 heavy (non-hydrogen) atoms. The van der Waals surface area contributed by atoms with Crippen LogP contribution < -0.4 is 14.8 Å². The van der Waals surface area contributed by atoms with Crippen molar-refractivity contribution in [3.63, 3.8) is 0 Å². The number of alkyl halides is 2. The molecule has 1 unspecified atom stereocenters. The Morgan fingerprint density at radius 1 is 1.27 bits per heavy atom. The summed E-state index contributed by atoms with van der Waals surface area (Å²) in [5.74, 6) is -0.252. The molecule has 7 nitrogen and oxygen atoms in total. The second-order valence-electron chi connectivity index (χ2n) is 5.99. The molecular weight excluding hydrogens is 350 g/mol. The van der Waals surface area contributed by atoms with E-state index in [-0.39, 0.29) is 24.0 Å². The molecule has 1 aromatic carbocycles. The van der Waals surface area contributed by atoms with Gasteiger partial charge in [0.2, 0.25) is 0 Å². The van der Waals surface area contributed by atoms with Crippen LogP contribution in [0.5, 0.6) is 11.5 Å². The van der Waals surface area contributed by atoms with Crippen LogP contribution in [-0.2, 0) is 16.1 Å². The van der Waals surface area contributed by atoms with Gasteiger partial charge in [0, 0.05) is 24.7 Å². The van der Waals surface area contributed by atoms with E-state index >= 15 is 0 Å². The number of hydrogen-bond donors (Lipinski definition) is 1. The molecule has 1 aliphatic heterocycles. The van der Waals surface area contributed by atoms with Crippen molar-refractivity contribution in [3.8, 4) is 11.5 Å². The molecule has 1 saturated heterocycles. The van der Waals surface area contributed by atoms with Crippen molar-refractivity contribution in [1.29, 1.82) is 0 Å². The summed E-state index contributed by atoms with van der Waals surface area (Å²) in [4.78, 5) is 25.5. The van der Waals surface area contributed by atoms with Gasteiger partial charge in [-0.05, 0) is 26.0 Å². The van der Waals surface area contributed by atoms with Gasteiger partial charge < -0.3 is 19.5 Å². The molecule has 1 aromatic rings. The molecule has 1 N–H and O–H groups in total. The third kappa shape index (κ3) is 5.04. The molecule has 2 rings (SSSR count). The highest BCUT2D eigenvalue weighted by molar-refractivity contribution is 6.04. The lowest BCUT2D eigenvalue weighted by Gasteiger charge is -2.17. The highest BCUT2D eigenvalue weighted by atomic mass is 19.3. The van der Waals surface area contributed by atoms with E-state index in [4.69, 9.17) is 9.47 Å². The molecule has 0 aromatic heterocycles. The van der Waals surface area contributed by atoms with Crippen LogP contribution in [0, 0.1) is 0 Å². The van der Waals surface area contributed by atoms with E-state index in [0.29, 0.717) is 18.8 Å². The van der Waals surface area contributed by atoms with Gasteiger partial charge in [0.25, 0.3) is 5.91 Å². The Hall–Kier alpha value is -2.42. The number of amides is 3. The van der Waals surface area contributed by atoms with Crippen LogP contribution in [0.25, 0.3) is 0 Å². The van der Waals surface area contributed by atoms with Crippen LogP contribution in [-0.4, -0.2) is 49.3 Å². The molecule has 0 saturated carbocycles. The summed E-state index contributed by atoms with van der Waals surface area (Å²) in [7, 11) is 1.39. The zero-order valence-corrected chi connectivity index (χ0v) is 14.8. The molecule has 1 heterocycles. The van der Waals surface area contributed by atoms with Crippen LogP contribution >= 0.6 is 0 Å². The number of hydrogen-bond acceptors (Lipinski definition) is 5. The number of urea groups is 1. The number of benzene rings is 1. The Balaban J connectivity index is 2.09. The van der Waals surface area contributed by atoms with Crippen molar-refractivity contribution in [1.82, 2.24) is 10.2 Å². The Morgan fingerprint density at radius 2 is 2.00 bits per heavy atom. The Morgan fingerprint density at radius 3 is 2.62 bits per heavy atom. The van der Waals surface area contributed by atoms with E-state index < -0.39 is 24.6 Å². The van der Waals surface area contributed by atoms with Crippen LogP contribution in [0.15, 0.2) is 18.2 Å². The fourth-order valence-corrected chi connectivity index (χ4v) is 2.51. The monoisotopic (exact) mass is 372 g/mol. The van der Waals surface area contributed by atoms with E-state index in [9.17, 15) is 18.4 Å². The third-order valence-electron chi connectivity index (χ3n) is 3.78. The summed E-state index contributed by atoms with van der Waals surface area (Å²) < 4.78 is 40.1. The van der Waals surface area contributed by atoms with Gasteiger partial charge in [-0.2, -0.15) is 8.78 Å². The van der Waals surface area contributed by atoms with Gasteiger partial charge in [-0.3, -0.25) is 9.69 Å². The number of rotatable bonds is 9. The first-order chi connectivity index (χ1) is 12.3. The predicted octanol–water partition coefficient (Wildman–Crippen LogP) is 2.53. The molecule has 1 atom stereocenters. The molecule has 0 aliphatic carbocycles. The van der Waals surface area contributed by atoms with Crippen molar-refractivity contribution in [2.75, 3.05) is 13.7 Å². The summed E-state index contributed by atoms with van der Waals surface area (Å²) in [6, 6.07) is 3.03. The lowest BCUT2D eigenvalue weighted by atomic mass is 10.1. The van der Waals surface area contributed by atoms with Crippen LogP contribution in [0.1, 0.15) is 25.8 Å². The van der Waals surface area contributed by atoms with Gasteiger partial charge in [-0.25, -0.2) is 4.79 Å². The topological polar surface area (TPSA) is 77.1 Å². The fourth-order valence-electron chi connectivity index (χ4n) is 2.51. The van der Waals surface area contributed by atoms with E-state index in [2.05, 4.69) is 10.1 Å². The maximum Gasteiger partial charge on any atom is 0.387 e. The Labute approximate surface area is 150 Å². The molecule has 0 spiro atoms. The zero-order valence-electron chi connectivity index (χ0n) is 14.8. The summed E-state index contributed by atoms with van der Waals surface area (Å²) in [5.41, 5.74) is 0.272. The molecule has 144 valence electrons. The highest BCUT2D eigenvalue weighted by Crippen LogP contribution is 2.28. The summed E-state index contributed by atoms with van der Waals surface area (Å²) in [5, 5.41) is 2.57. The van der Waals surface area contributed by atoms with Gasteiger partial charge in [0.1, 0.15) is 17.5 Å². The predicted molar refractivity (Wildman–Crippen MR) is 88.2 cm³/mol. The summed E-state index contributed by atoms with van der Waals surface area (Å²) >= 11 is 0. The number of ether oxygens (including phenoxy) is 3. The van der Waals surface area contributed by atoms with Gasteiger partial charge in [0.05, 0.1) is 19.8 Å². The number of carbonyl (C=O) groups excluding carboxylic acids is 2. The molecule has 3 amide bonds. The molecule has 1 fully saturated rings. The number of nitrogens with zero attached hydrogens (tertiary/aromatic N) is 1. The maximum atomic E-state index is 12.6. The third-order valence-corrected chi connectivity index (χ3v) is 3.78. The molecular formula is C17H22F2N2O5. The minimum Gasteiger partial charge on any atom is -0.497 e. The number of nitrogens with one attached hydrogen (secondary N) is 1. The Kier molecular flexibility index (Phi) is 6.73. The number of imide groups is 1. The quantitative estimate of drug-likeness (QED) is 0.674. The van der Waals surface area contributed by atoms with E-state index in [1.54, 1.807) is 6.07 Å². The summed E-state index contributed by atoms with van der Waals surface area (Å²) in [6.07, 6.45) is 0.356. The smallest absolute Gasteiger partial charge is 0.387 e. The average Bonchev–Trinajstić information content (AvgIpc) is 2.83. The SMILES string of the molecule is COc1ccc(CN2C(=O)NC(CCOC(C)C)C2=O)c(OC(F)F)c1. The van der Waals surface area contributed by atoms with Crippen molar-refractivity contribution in [2.45, 2.75) is 45.6 Å². The van der Waals surface area contributed by atoms with Crippen molar-refractivity contribution in [3.05, 3.63) is 23.8 Å². The van der Waals surface area contributed by atoms with Gasteiger partial charge >= 0.3 is 12.6 Å². The molecule has 0 radical (unpaired) electrons. The van der Waals surface area contributed by atoms with E-state index in [1.807, 2.05) is 13.8 Å². The minimum absolute atomic E-state index is 0.0201. The van der Waals surface area contributed by atoms with Gasteiger partial charge in [0.15, 0.2) is 0 Å². The first-order valence-electron chi connectivity index (χ1n) is 8.17. The number of halogens is 2. The van der Waals surface area contributed by atoms with Crippen molar-refractivity contribution in [2.24, 2.45) is 0 Å². The molecule has 0 bridgehead atoms. The number of carbonyl (C=O) groups is 2. The van der Waals surface area contributed by atoms with Crippen molar-refractivity contribution < 1.29 is 32.6 Å². The van der Waals surface area contributed by atoms with E-state index in [1.165, 1.54) is 19.2 Å². The van der Waals surface area contributed by atoms with Crippen LogP contribution in [0.4, 0.5) is 13.6 Å². The normalized spacial score (nSPS) is 17.2. The van der Waals surface area contributed by atoms with Crippen molar-refractivity contribution >= 4 is 11.9 Å². The standard InChI is InChI=1S/C17H22F2N2O5/c1-10(2)25-7-6-13-15(22)21(17(23)20-13)9-11-4-5-12(24-3)8-14(11)26-16(18)19/h4-5,8,10,13,16H,6-7,9H2,1-3H3,(H,20,23). The minimum atomic E-state index is -3.04. The summed E-state index contributed by atoms with van der Waals surface area (Å²) in [6.45, 7) is 0.846. The lowest BCUT2D eigenvalue weighted by molar-refractivity contribution is -0.128. The van der Waals surface area contributed by atoms with Crippen LogP contribution in [0.2, 0.25) is 0 Å². The average molecular weight is 372 g/mol. The molecule has 9 heteroatoms. The zero-order chi connectivity index (χ0) is 19.3. The lowest BCUT2D eigenvalue weighted by Crippen LogP contribution is -2.32. The first-order valence-corrected chi connectivity index (χ1v) is 8.17. The highest BCUT2D eigenvalue weighted by Gasteiger charge is 2.38. The second-order valence-corrected chi connectivity index (χ2v) is 5.99. The van der Waals surface area contributed by atoms with Crippen LogP contribution in [0.3, 0.4) is 0 Å². The van der Waals surface area contributed by atoms with Gasteiger partial charge in [-0.1, -0.05) is 0 Å². The first kappa shape index (κ1) is 19.9. The largest absolute Gasteiger partial charge is 0.497 e. The second kappa shape index (κ2) is 8.79. The Bertz CT molecular complexity index is 654. The van der Waals surface area contributed by atoms with Gasteiger partial charge in [-0.15, -0.1) is 0 Å². The number of methoxy groups -OCH3 is 1. The maximum absolute atomic E-state index is 12.6. The fraction of sp³-hybridized carbons (Fsp3) is 0.529. The molecule has 1 aliphatic rings. The van der Waals surface area contributed by atoms with E-state index in [0.717, 1.165) is 4.90 Å².